The molecule has 0 fully saturated rings. The highest BCUT2D eigenvalue weighted by atomic mass is 35.7. The Kier molecular flexibility index (Phi) is 13.8. The third-order valence-corrected chi connectivity index (χ3v) is 3.90. The minimum atomic E-state index is -4.94. The third kappa shape index (κ3) is 16.7. The molecular weight excluding hydrogens is 380 g/mol. The first-order valence-electron chi connectivity index (χ1n) is 9.63. The van der Waals surface area contributed by atoms with Crippen LogP contribution in [0.25, 0.3) is 5.57 Å². The van der Waals surface area contributed by atoms with Gasteiger partial charge in [-0.3, -0.25) is 0 Å². The Bertz CT molecular complexity index is 583. The zero-order chi connectivity index (χ0) is 21.6. The summed E-state index contributed by atoms with van der Waals surface area (Å²) in [6, 6.07) is 9.08. The summed E-state index contributed by atoms with van der Waals surface area (Å²) in [5, 5.41) is 0. The Morgan fingerprint density at radius 3 is 1.89 bits per heavy atom. The van der Waals surface area contributed by atoms with E-state index in [1.54, 1.807) is 0 Å². The van der Waals surface area contributed by atoms with E-state index in [9.17, 15) is 0 Å². The lowest BCUT2D eigenvalue weighted by Gasteiger charge is -2.17. The Hall–Kier alpha value is -1.44. The van der Waals surface area contributed by atoms with Crippen molar-refractivity contribution >= 4 is 11.8 Å². The van der Waals surface area contributed by atoms with E-state index in [0.717, 1.165) is 0 Å². The summed E-state index contributed by atoms with van der Waals surface area (Å²) in [5.41, 5.74) is 3.98. The summed E-state index contributed by atoms with van der Waals surface area (Å²) in [4.78, 5) is 2.10. The largest absolute Gasteiger partial charge is 0.383 e. The highest BCUT2D eigenvalue weighted by molar-refractivity contribution is 6.07. The number of allylic oxidation sites excluding steroid dienone is 1. The molecule has 0 heterocycles. The molecule has 28 heavy (non-hydrogen) atoms. The van der Waals surface area contributed by atoms with E-state index in [4.69, 9.17) is 18.6 Å². The molecule has 1 rings (SSSR count). The van der Waals surface area contributed by atoms with Gasteiger partial charge in [-0.25, -0.2) is 23.2 Å². The maximum absolute atomic E-state index is 8.49. The van der Waals surface area contributed by atoms with Crippen molar-refractivity contribution in [3.05, 3.63) is 41.6 Å². The van der Waals surface area contributed by atoms with Gasteiger partial charge in [-0.15, -0.1) is 10.2 Å². The molecule has 0 N–H and O–H groups in total. The summed E-state index contributed by atoms with van der Waals surface area (Å²) >= 11 is 0. The molecule has 0 bridgehead atoms. The van der Waals surface area contributed by atoms with Crippen LogP contribution in [0.15, 0.2) is 30.5 Å². The van der Waals surface area contributed by atoms with Gasteiger partial charge in [-0.1, -0.05) is 63.3 Å². The third-order valence-electron chi connectivity index (χ3n) is 3.90. The minimum Gasteiger partial charge on any atom is -0.383 e. The first kappa shape index (κ1) is 26.6. The van der Waals surface area contributed by atoms with Gasteiger partial charge in [0.15, 0.2) is 6.21 Å². The maximum atomic E-state index is 8.49. The van der Waals surface area contributed by atoms with E-state index in [-0.39, 0.29) is 0 Å². The fourth-order valence-corrected chi connectivity index (χ4v) is 2.71. The van der Waals surface area contributed by atoms with Crippen LogP contribution in [0.5, 0.6) is 0 Å². The summed E-state index contributed by atoms with van der Waals surface area (Å²) in [7, 11) is 3.32. The number of aryl methyl sites for hydroxylation is 1. The lowest BCUT2D eigenvalue weighted by molar-refractivity contribution is -2.00. The molecule has 0 aromatic heterocycles. The van der Waals surface area contributed by atoms with Crippen molar-refractivity contribution in [1.29, 1.82) is 0 Å². The maximum Gasteiger partial charge on any atom is 0.172 e. The van der Waals surface area contributed by atoms with Crippen LogP contribution < -0.4 is 18.6 Å². The Balaban J connectivity index is 0.00000129. The molecule has 0 aliphatic heterocycles. The second-order valence-electron chi connectivity index (χ2n) is 7.23. The van der Waals surface area contributed by atoms with E-state index in [1.165, 1.54) is 61.6 Å². The second kappa shape index (κ2) is 14.5. The van der Waals surface area contributed by atoms with Crippen molar-refractivity contribution in [2.24, 2.45) is 0 Å². The van der Waals surface area contributed by atoms with Gasteiger partial charge in [0.2, 0.25) is 0 Å². The van der Waals surface area contributed by atoms with E-state index < -0.39 is 10.2 Å². The Morgan fingerprint density at radius 1 is 0.929 bits per heavy atom. The van der Waals surface area contributed by atoms with Crippen molar-refractivity contribution < 1.29 is 33.5 Å². The van der Waals surface area contributed by atoms with Gasteiger partial charge in [0.25, 0.3) is 0 Å². The van der Waals surface area contributed by atoms with Gasteiger partial charge >= 0.3 is 0 Å². The second-order valence-corrected chi connectivity index (χ2v) is 7.99. The number of benzene rings is 1. The Morgan fingerprint density at radius 2 is 1.43 bits per heavy atom. The number of rotatable bonds is 10. The molecule has 0 saturated heterocycles. The molecule has 6 nitrogen and oxygen atoms in total. The molecule has 0 saturated carbocycles. The summed E-state index contributed by atoms with van der Waals surface area (Å²) in [6.07, 6.45) is 13.7. The summed E-state index contributed by atoms with van der Waals surface area (Å²) < 4.78 is 36.1. The zero-order valence-corrected chi connectivity index (χ0v) is 18.6. The van der Waals surface area contributed by atoms with Crippen LogP contribution in [-0.4, -0.2) is 43.9 Å². The monoisotopic (exact) mass is 414 g/mol. The van der Waals surface area contributed by atoms with Crippen molar-refractivity contribution in [3.8, 4) is 0 Å². The minimum absolute atomic E-state index is 1.20. The lowest BCUT2D eigenvalue weighted by Crippen LogP contribution is -2.68. The van der Waals surface area contributed by atoms with Gasteiger partial charge in [0, 0.05) is 20.3 Å². The van der Waals surface area contributed by atoms with Gasteiger partial charge in [0.1, 0.15) is 14.1 Å². The average Bonchev–Trinajstić information content (AvgIpc) is 2.55. The van der Waals surface area contributed by atoms with Crippen molar-refractivity contribution in [1.82, 2.24) is 4.90 Å². The number of hydrogen-bond acceptors (Lipinski definition) is 5. The molecule has 1 aromatic rings. The number of halogens is 1. The average molecular weight is 415 g/mol. The molecule has 7 heteroatoms. The molecule has 1 aromatic carbocycles. The standard InChI is InChI=1S/C21H35N2.ClHO4/c1-6-7-8-9-10-11-12-19-13-15-20(16-14-19)21(17-22(2)3)18-23(4)5;2-1(3,4)5/h13-18H,6-12H2,1-5H3;(H,2,3,4,5)/q+1;/p-1. The van der Waals surface area contributed by atoms with Crippen molar-refractivity contribution in [3.63, 3.8) is 0 Å². The topological polar surface area (TPSA) is 98.5 Å². The number of nitrogens with zero attached hydrogens (tertiary/aromatic N) is 2. The molecule has 0 aliphatic carbocycles. The quantitative estimate of drug-likeness (QED) is 0.306. The smallest absolute Gasteiger partial charge is 0.172 e. The molecule has 0 spiro atoms. The van der Waals surface area contributed by atoms with Crippen LogP contribution in [0.4, 0.5) is 0 Å². The molecular formula is C21H35ClN2O4. The van der Waals surface area contributed by atoms with E-state index in [2.05, 4.69) is 81.3 Å². The van der Waals surface area contributed by atoms with Crippen molar-refractivity contribution in [2.45, 2.75) is 51.9 Å². The van der Waals surface area contributed by atoms with Gasteiger partial charge in [0.05, 0.1) is 5.57 Å². The summed E-state index contributed by atoms with van der Waals surface area (Å²) in [5.74, 6) is 0. The first-order valence-corrected chi connectivity index (χ1v) is 10.9. The van der Waals surface area contributed by atoms with Crippen LogP contribution >= 0.6 is 0 Å². The van der Waals surface area contributed by atoms with Gasteiger partial charge < -0.3 is 4.90 Å². The van der Waals surface area contributed by atoms with Crippen LogP contribution in [0, 0.1) is 10.2 Å². The number of hydrogen-bond donors (Lipinski definition) is 0. The van der Waals surface area contributed by atoms with Crippen molar-refractivity contribution in [2.75, 3.05) is 28.2 Å². The fourth-order valence-electron chi connectivity index (χ4n) is 2.71. The van der Waals surface area contributed by atoms with E-state index in [0.29, 0.717) is 0 Å². The lowest BCUT2D eigenvalue weighted by atomic mass is 10.0. The summed E-state index contributed by atoms with van der Waals surface area (Å²) in [6.45, 7) is 2.27. The van der Waals surface area contributed by atoms with Crippen LogP contribution in [-0.2, 0) is 6.42 Å². The van der Waals surface area contributed by atoms with Crippen LogP contribution in [0.3, 0.4) is 0 Å². The molecule has 0 radical (unpaired) electrons. The molecule has 160 valence electrons. The molecule has 0 aliphatic rings. The number of unbranched alkanes of at least 4 members (excludes halogenated alkanes) is 5. The van der Waals surface area contributed by atoms with Crippen LogP contribution in [0.1, 0.15) is 56.6 Å². The first-order chi connectivity index (χ1) is 13.0. The predicted octanol–water partition coefficient (Wildman–Crippen LogP) is 0.0790. The van der Waals surface area contributed by atoms with E-state index >= 15 is 0 Å². The van der Waals surface area contributed by atoms with E-state index in [1.807, 2.05) is 0 Å². The normalized spacial score (nSPS) is 11.5. The highest BCUT2D eigenvalue weighted by Gasteiger charge is 2.04. The SMILES string of the molecule is CCCCCCCCc1ccc(/C(C=[N+](C)C)=C/N(C)C)cc1.[O-][Cl+3]([O-])([O-])[O-]. The van der Waals surface area contributed by atoms with Crippen LogP contribution in [0.2, 0.25) is 0 Å². The van der Waals surface area contributed by atoms with Gasteiger partial charge in [-0.2, -0.15) is 0 Å². The molecule has 0 unspecified atom stereocenters. The Labute approximate surface area is 172 Å². The zero-order valence-electron chi connectivity index (χ0n) is 17.8. The fraction of sp³-hybridized carbons (Fsp3) is 0.571. The molecule has 0 amide bonds. The molecule has 0 atom stereocenters. The predicted molar refractivity (Wildman–Crippen MR) is 103 cm³/mol. The van der Waals surface area contributed by atoms with Gasteiger partial charge in [-0.05, 0) is 24.0 Å². The highest BCUT2D eigenvalue weighted by Crippen LogP contribution is 2.16.